The van der Waals surface area contributed by atoms with E-state index in [2.05, 4.69) is 13.8 Å². The van der Waals surface area contributed by atoms with E-state index in [0.29, 0.717) is 5.92 Å². The van der Waals surface area contributed by atoms with E-state index in [4.69, 9.17) is 5.11 Å². The molecule has 58 valence electrons. The van der Waals surface area contributed by atoms with Gasteiger partial charge in [-0.05, 0) is 18.8 Å². The van der Waals surface area contributed by atoms with Gasteiger partial charge >= 0.3 is 0 Å². The van der Waals surface area contributed by atoms with Gasteiger partial charge in [0.1, 0.15) is 0 Å². The van der Waals surface area contributed by atoms with Gasteiger partial charge in [-0.3, -0.25) is 0 Å². The predicted molar refractivity (Wildman–Crippen MR) is 43.0 cm³/mol. The van der Waals surface area contributed by atoms with Crippen LogP contribution in [0.1, 0.15) is 33.6 Å². The molecule has 1 N–H and O–H groups in total. The molecule has 0 fully saturated rings. The maximum absolute atomic E-state index is 9.03. The molecule has 0 aliphatic carbocycles. The first kappa shape index (κ1) is 12.0. The summed E-state index contributed by atoms with van der Waals surface area (Å²) >= 11 is 0. The van der Waals surface area contributed by atoms with E-state index in [0.717, 1.165) is 12.8 Å². The molecular weight excluding hydrogens is 136 g/mol. The minimum Gasteiger partial charge on any atom is -0.393 e. The average Bonchev–Trinajstić information content (AvgIpc) is 1.65. The summed E-state index contributed by atoms with van der Waals surface area (Å²) in [6.45, 7) is 6.25. The van der Waals surface area contributed by atoms with Gasteiger partial charge < -0.3 is 5.11 Å². The SMILES string of the molecule is CCC(O)CC(C)C.Cl. The maximum atomic E-state index is 9.03. The highest BCUT2D eigenvalue weighted by molar-refractivity contribution is 5.85. The molecule has 0 saturated heterocycles. The van der Waals surface area contributed by atoms with Crippen molar-refractivity contribution >= 4 is 12.4 Å². The van der Waals surface area contributed by atoms with Crippen molar-refractivity contribution < 1.29 is 5.11 Å². The minimum atomic E-state index is -0.0741. The number of hydrogen-bond donors (Lipinski definition) is 1. The van der Waals surface area contributed by atoms with Crippen LogP contribution in [0.3, 0.4) is 0 Å². The standard InChI is InChI=1S/C7H16O.ClH/c1-4-7(8)5-6(2)3;/h6-8H,4-5H2,1-3H3;1H. The van der Waals surface area contributed by atoms with Crippen molar-refractivity contribution in [3.05, 3.63) is 0 Å². The van der Waals surface area contributed by atoms with E-state index in [1.807, 2.05) is 6.92 Å². The normalized spacial score (nSPS) is 13.0. The van der Waals surface area contributed by atoms with Crippen LogP contribution < -0.4 is 0 Å². The van der Waals surface area contributed by atoms with Crippen molar-refractivity contribution in [2.75, 3.05) is 0 Å². The van der Waals surface area contributed by atoms with Crippen LogP contribution in [0.4, 0.5) is 0 Å². The average molecular weight is 153 g/mol. The Morgan fingerprint density at radius 3 is 1.89 bits per heavy atom. The number of halogens is 1. The fraction of sp³-hybridized carbons (Fsp3) is 1.00. The molecule has 0 amide bonds. The number of aliphatic hydroxyl groups is 1. The van der Waals surface area contributed by atoms with Crippen molar-refractivity contribution in [1.82, 2.24) is 0 Å². The van der Waals surface area contributed by atoms with E-state index in [-0.39, 0.29) is 18.5 Å². The van der Waals surface area contributed by atoms with Gasteiger partial charge in [0.05, 0.1) is 6.10 Å². The van der Waals surface area contributed by atoms with Crippen LogP contribution in [0.15, 0.2) is 0 Å². The highest BCUT2D eigenvalue weighted by Gasteiger charge is 2.01. The monoisotopic (exact) mass is 152 g/mol. The molecule has 0 rings (SSSR count). The predicted octanol–water partition coefficient (Wildman–Crippen LogP) is 2.23. The van der Waals surface area contributed by atoms with Crippen LogP contribution >= 0.6 is 12.4 Å². The molecule has 0 radical (unpaired) electrons. The Hall–Kier alpha value is 0.250. The van der Waals surface area contributed by atoms with Crippen LogP contribution in [-0.4, -0.2) is 11.2 Å². The maximum Gasteiger partial charge on any atom is 0.0540 e. The second-order valence-electron chi connectivity index (χ2n) is 2.69. The number of rotatable bonds is 3. The molecular formula is C7H17ClO. The van der Waals surface area contributed by atoms with E-state index in [1.54, 1.807) is 0 Å². The first-order valence-corrected chi connectivity index (χ1v) is 3.34. The summed E-state index contributed by atoms with van der Waals surface area (Å²) in [7, 11) is 0. The van der Waals surface area contributed by atoms with E-state index < -0.39 is 0 Å². The molecule has 1 nitrogen and oxygen atoms in total. The number of hydrogen-bond acceptors (Lipinski definition) is 1. The largest absolute Gasteiger partial charge is 0.393 e. The summed E-state index contributed by atoms with van der Waals surface area (Å²) < 4.78 is 0. The van der Waals surface area contributed by atoms with Crippen LogP contribution in [0.2, 0.25) is 0 Å². The van der Waals surface area contributed by atoms with Gasteiger partial charge in [0.2, 0.25) is 0 Å². The Bertz CT molecular complexity index is 54.9. The zero-order chi connectivity index (χ0) is 6.57. The van der Waals surface area contributed by atoms with Gasteiger partial charge in [0.15, 0.2) is 0 Å². The number of aliphatic hydroxyl groups excluding tert-OH is 1. The lowest BCUT2D eigenvalue weighted by molar-refractivity contribution is 0.145. The van der Waals surface area contributed by atoms with Crippen molar-refractivity contribution in [3.8, 4) is 0 Å². The Labute approximate surface area is 63.9 Å². The van der Waals surface area contributed by atoms with Gasteiger partial charge in [0.25, 0.3) is 0 Å². The van der Waals surface area contributed by atoms with Crippen molar-refractivity contribution in [3.63, 3.8) is 0 Å². The molecule has 0 saturated carbocycles. The van der Waals surface area contributed by atoms with Crippen molar-refractivity contribution in [1.29, 1.82) is 0 Å². The Morgan fingerprint density at radius 1 is 1.33 bits per heavy atom. The highest BCUT2D eigenvalue weighted by Crippen LogP contribution is 2.05. The molecule has 0 bridgehead atoms. The second kappa shape index (κ2) is 6.37. The molecule has 9 heavy (non-hydrogen) atoms. The Kier molecular flexibility index (Phi) is 8.48. The van der Waals surface area contributed by atoms with Gasteiger partial charge in [0, 0.05) is 0 Å². The third kappa shape index (κ3) is 8.25. The van der Waals surface area contributed by atoms with Gasteiger partial charge in [-0.15, -0.1) is 12.4 Å². The molecule has 0 heterocycles. The zero-order valence-corrected chi connectivity index (χ0v) is 7.24. The summed E-state index contributed by atoms with van der Waals surface area (Å²) in [5.74, 6) is 0.630. The third-order valence-electron chi connectivity index (χ3n) is 1.21. The molecule has 0 aromatic heterocycles. The molecule has 1 atom stereocenters. The van der Waals surface area contributed by atoms with E-state index in [1.165, 1.54) is 0 Å². The molecule has 0 aliphatic heterocycles. The second-order valence-corrected chi connectivity index (χ2v) is 2.69. The van der Waals surface area contributed by atoms with Crippen LogP contribution in [0.5, 0.6) is 0 Å². The summed E-state index contributed by atoms with van der Waals surface area (Å²) in [6, 6.07) is 0. The smallest absolute Gasteiger partial charge is 0.0540 e. The molecule has 1 unspecified atom stereocenters. The lowest BCUT2D eigenvalue weighted by atomic mass is 10.0. The van der Waals surface area contributed by atoms with Crippen LogP contribution in [0.25, 0.3) is 0 Å². The van der Waals surface area contributed by atoms with E-state index >= 15 is 0 Å². The first-order chi connectivity index (χ1) is 3.66. The van der Waals surface area contributed by atoms with Crippen LogP contribution in [-0.2, 0) is 0 Å². The highest BCUT2D eigenvalue weighted by atomic mass is 35.5. The molecule has 0 spiro atoms. The Balaban J connectivity index is 0. The lowest BCUT2D eigenvalue weighted by Gasteiger charge is -2.08. The van der Waals surface area contributed by atoms with E-state index in [9.17, 15) is 0 Å². The molecule has 2 heteroatoms. The topological polar surface area (TPSA) is 20.2 Å². The van der Waals surface area contributed by atoms with Crippen molar-refractivity contribution in [2.24, 2.45) is 5.92 Å². The van der Waals surface area contributed by atoms with Gasteiger partial charge in [-0.1, -0.05) is 20.8 Å². The van der Waals surface area contributed by atoms with Gasteiger partial charge in [-0.2, -0.15) is 0 Å². The van der Waals surface area contributed by atoms with Crippen molar-refractivity contribution in [2.45, 2.75) is 39.7 Å². The molecule has 0 aromatic rings. The first-order valence-electron chi connectivity index (χ1n) is 3.34. The lowest BCUT2D eigenvalue weighted by Crippen LogP contribution is -2.07. The fourth-order valence-corrected chi connectivity index (χ4v) is 0.711. The molecule has 0 aliphatic rings. The summed E-state index contributed by atoms with van der Waals surface area (Å²) in [5.41, 5.74) is 0. The quantitative estimate of drug-likeness (QED) is 0.658. The summed E-state index contributed by atoms with van der Waals surface area (Å²) in [4.78, 5) is 0. The zero-order valence-electron chi connectivity index (χ0n) is 6.42. The third-order valence-corrected chi connectivity index (χ3v) is 1.21. The summed E-state index contributed by atoms with van der Waals surface area (Å²) in [5, 5.41) is 9.03. The fourth-order valence-electron chi connectivity index (χ4n) is 0.711. The summed E-state index contributed by atoms with van der Waals surface area (Å²) in [6.07, 6.45) is 1.75. The van der Waals surface area contributed by atoms with Crippen LogP contribution in [0, 0.1) is 5.92 Å². The Morgan fingerprint density at radius 2 is 1.78 bits per heavy atom. The van der Waals surface area contributed by atoms with Gasteiger partial charge in [-0.25, -0.2) is 0 Å². The minimum absolute atomic E-state index is 0. The molecule has 0 aromatic carbocycles.